The summed E-state index contributed by atoms with van der Waals surface area (Å²) in [6, 6.07) is 20.2. The minimum Gasteiger partial charge on any atom is -0.389 e. The summed E-state index contributed by atoms with van der Waals surface area (Å²) < 4.78 is 0. The lowest BCUT2D eigenvalue weighted by Crippen LogP contribution is -2.44. The number of rotatable bonds is 5. The van der Waals surface area contributed by atoms with E-state index in [1.54, 1.807) is 0 Å². The number of hydrogen-bond acceptors (Lipinski definition) is 3. The van der Waals surface area contributed by atoms with Crippen LogP contribution in [-0.4, -0.2) is 46.5 Å². The van der Waals surface area contributed by atoms with Crippen molar-refractivity contribution in [3.63, 3.8) is 0 Å². The van der Waals surface area contributed by atoms with E-state index in [4.69, 9.17) is 0 Å². The maximum absolute atomic E-state index is 11.1. The summed E-state index contributed by atoms with van der Waals surface area (Å²) in [4.78, 5) is 2.25. The van der Waals surface area contributed by atoms with Gasteiger partial charge in [0.2, 0.25) is 0 Å². The third kappa shape index (κ3) is 2.67. The molecule has 0 heterocycles. The SMILES string of the molecule is CCN(CC)[C@@H]1CC(c2ccccc2)(c2ccccc2)[C@@H](O)[C@H]1O. The van der Waals surface area contributed by atoms with Crippen molar-refractivity contribution in [3.05, 3.63) is 71.8 Å². The number of benzene rings is 2. The first-order valence-corrected chi connectivity index (χ1v) is 8.86. The molecule has 128 valence electrons. The summed E-state index contributed by atoms with van der Waals surface area (Å²) >= 11 is 0. The molecule has 0 amide bonds. The molecule has 0 aliphatic heterocycles. The smallest absolute Gasteiger partial charge is 0.0966 e. The molecule has 1 aliphatic carbocycles. The Balaban J connectivity index is 2.13. The van der Waals surface area contributed by atoms with Crippen molar-refractivity contribution in [1.82, 2.24) is 4.90 Å². The van der Waals surface area contributed by atoms with Crippen LogP contribution < -0.4 is 0 Å². The quantitative estimate of drug-likeness (QED) is 0.888. The average molecular weight is 325 g/mol. The highest BCUT2D eigenvalue weighted by Gasteiger charge is 2.55. The van der Waals surface area contributed by atoms with Gasteiger partial charge in [-0.2, -0.15) is 0 Å². The predicted octanol–water partition coefficient (Wildman–Crippen LogP) is 2.81. The highest BCUT2D eigenvalue weighted by atomic mass is 16.3. The molecule has 3 atom stereocenters. The Morgan fingerprint density at radius 2 is 1.33 bits per heavy atom. The molecule has 0 radical (unpaired) electrons. The van der Waals surface area contributed by atoms with Crippen LogP contribution in [0.1, 0.15) is 31.4 Å². The molecular formula is C21H27NO2. The Labute approximate surface area is 144 Å². The Morgan fingerprint density at radius 3 is 1.75 bits per heavy atom. The molecule has 3 heteroatoms. The fraction of sp³-hybridized carbons (Fsp3) is 0.429. The van der Waals surface area contributed by atoms with E-state index in [1.165, 1.54) is 0 Å². The summed E-state index contributed by atoms with van der Waals surface area (Å²) in [6.07, 6.45) is -0.872. The number of nitrogens with zero attached hydrogens (tertiary/aromatic N) is 1. The Hall–Kier alpha value is -1.68. The van der Waals surface area contributed by atoms with Gasteiger partial charge in [-0.15, -0.1) is 0 Å². The molecule has 3 nitrogen and oxygen atoms in total. The molecule has 0 saturated heterocycles. The van der Waals surface area contributed by atoms with Gasteiger partial charge in [0.1, 0.15) is 0 Å². The summed E-state index contributed by atoms with van der Waals surface area (Å²) in [5.74, 6) is 0. The van der Waals surface area contributed by atoms with Gasteiger partial charge >= 0.3 is 0 Å². The van der Waals surface area contributed by atoms with Crippen molar-refractivity contribution in [2.45, 2.75) is 43.9 Å². The standard InChI is InChI=1S/C21H27NO2/c1-3-22(4-2)18-15-21(20(24)19(18)23,16-11-7-5-8-12-16)17-13-9-6-10-14-17/h5-14,18-20,23-24H,3-4,15H2,1-2H3/t18-,19+,20+/m1/s1. The van der Waals surface area contributed by atoms with Gasteiger partial charge in [0.25, 0.3) is 0 Å². The van der Waals surface area contributed by atoms with Crippen LogP contribution in [0.25, 0.3) is 0 Å². The molecule has 0 spiro atoms. The number of aliphatic hydroxyl groups excluding tert-OH is 2. The summed E-state index contributed by atoms with van der Waals surface area (Å²) in [5, 5.41) is 22.0. The van der Waals surface area contributed by atoms with Gasteiger partial charge in [-0.3, -0.25) is 4.90 Å². The maximum atomic E-state index is 11.1. The van der Waals surface area contributed by atoms with Gasteiger partial charge in [-0.05, 0) is 30.6 Å². The maximum Gasteiger partial charge on any atom is 0.0966 e. The number of hydrogen-bond donors (Lipinski definition) is 2. The van der Waals surface area contributed by atoms with E-state index < -0.39 is 17.6 Å². The fourth-order valence-electron chi connectivity index (χ4n) is 4.33. The molecule has 1 fully saturated rings. The van der Waals surface area contributed by atoms with E-state index in [0.29, 0.717) is 6.42 Å². The Kier molecular flexibility index (Phi) is 5.04. The molecule has 1 saturated carbocycles. The van der Waals surface area contributed by atoms with Crippen molar-refractivity contribution in [2.75, 3.05) is 13.1 Å². The van der Waals surface area contributed by atoms with Crippen LogP contribution >= 0.6 is 0 Å². The third-order valence-corrected chi connectivity index (χ3v) is 5.61. The van der Waals surface area contributed by atoms with Gasteiger partial charge in [0, 0.05) is 6.04 Å². The van der Waals surface area contributed by atoms with Crippen molar-refractivity contribution in [2.24, 2.45) is 0 Å². The zero-order valence-corrected chi connectivity index (χ0v) is 14.5. The number of likely N-dealkylation sites (N-methyl/N-ethyl adjacent to an activating group) is 1. The first-order valence-electron chi connectivity index (χ1n) is 8.86. The van der Waals surface area contributed by atoms with Crippen LogP contribution in [0.3, 0.4) is 0 Å². The van der Waals surface area contributed by atoms with Crippen LogP contribution in [-0.2, 0) is 5.41 Å². The summed E-state index contributed by atoms with van der Waals surface area (Å²) in [7, 11) is 0. The first kappa shape index (κ1) is 17.2. The molecular weight excluding hydrogens is 298 g/mol. The second-order valence-electron chi connectivity index (χ2n) is 6.63. The average Bonchev–Trinajstić information content (AvgIpc) is 2.91. The summed E-state index contributed by atoms with van der Waals surface area (Å²) in [6.45, 7) is 5.94. The molecule has 2 N–H and O–H groups in total. The fourth-order valence-corrected chi connectivity index (χ4v) is 4.33. The van der Waals surface area contributed by atoms with E-state index in [-0.39, 0.29) is 6.04 Å². The Morgan fingerprint density at radius 1 is 0.875 bits per heavy atom. The van der Waals surface area contributed by atoms with Crippen LogP contribution in [0.5, 0.6) is 0 Å². The predicted molar refractivity (Wildman–Crippen MR) is 97.0 cm³/mol. The largest absolute Gasteiger partial charge is 0.389 e. The van der Waals surface area contributed by atoms with E-state index in [2.05, 4.69) is 43.0 Å². The minimum atomic E-state index is -0.826. The van der Waals surface area contributed by atoms with Crippen molar-refractivity contribution >= 4 is 0 Å². The van der Waals surface area contributed by atoms with Crippen LogP contribution in [0.15, 0.2) is 60.7 Å². The second-order valence-corrected chi connectivity index (χ2v) is 6.63. The van der Waals surface area contributed by atoms with Crippen molar-refractivity contribution in [3.8, 4) is 0 Å². The van der Waals surface area contributed by atoms with Gasteiger partial charge in [0.15, 0.2) is 0 Å². The highest BCUT2D eigenvalue weighted by molar-refractivity contribution is 5.44. The monoisotopic (exact) mass is 325 g/mol. The van der Waals surface area contributed by atoms with Crippen molar-refractivity contribution in [1.29, 1.82) is 0 Å². The summed E-state index contributed by atoms with van der Waals surface area (Å²) in [5.41, 5.74) is 1.56. The van der Waals surface area contributed by atoms with E-state index in [9.17, 15) is 10.2 Å². The molecule has 2 aromatic carbocycles. The molecule has 0 bridgehead atoms. The van der Waals surface area contributed by atoms with Gasteiger partial charge in [0.05, 0.1) is 17.6 Å². The van der Waals surface area contributed by atoms with Crippen LogP contribution in [0, 0.1) is 0 Å². The van der Waals surface area contributed by atoms with Crippen LogP contribution in [0.2, 0.25) is 0 Å². The molecule has 1 aliphatic rings. The molecule has 2 aromatic rings. The lowest BCUT2D eigenvalue weighted by Gasteiger charge is -2.34. The minimum absolute atomic E-state index is 0.0459. The van der Waals surface area contributed by atoms with E-state index in [0.717, 1.165) is 24.2 Å². The molecule has 24 heavy (non-hydrogen) atoms. The van der Waals surface area contributed by atoms with Crippen LogP contribution in [0.4, 0.5) is 0 Å². The van der Waals surface area contributed by atoms with Gasteiger partial charge in [-0.25, -0.2) is 0 Å². The van der Waals surface area contributed by atoms with E-state index in [1.807, 2.05) is 36.4 Å². The zero-order valence-electron chi connectivity index (χ0n) is 14.5. The van der Waals surface area contributed by atoms with Gasteiger partial charge in [-0.1, -0.05) is 74.5 Å². The van der Waals surface area contributed by atoms with Gasteiger partial charge < -0.3 is 10.2 Å². The van der Waals surface area contributed by atoms with E-state index >= 15 is 0 Å². The Bertz CT molecular complexity index is 600. The highest BCUT2D eigenvalue weighted by Crippen LogP contribution is 2.48. The zero-order chi connectivity index (χ0) is 17.2. The number of aliphatic hydroxyl groups is 2. The third-order valence-electron chi connectivity index (χ3n) is 5.61. The lowest BCUT2D eigenvalue weighted by atomic mass is 9.71. The van der Waals surface area contributed by atoms with Crippen molar-refractivity contribution < 1.29 is 10.2 Å². The molecule has 0 aromatic heterocycles. The lowest BCUT2D eigenvalue weighted by molar-refractivity contribution is -0.0110. The molecule has 3 rings (SSSR count). The second kappa shape index (κ2) is 7.06. The molecule has 0 unspecified atom stereocenters. The first-order chi connectivity index (χ1) is 11.6. The topological polar surface area (TPSA) is 43.7 Å². The normalized spacial score (nSPS) is 26.0.